The summed E-state index contributed by atoms with van der Waals surface area (Å²) in [4.78, 5) is 1.65. The Bertz CT molecular complexity index is 460. The molecule has 0 saturated heterocycles. The van der Waals surface area contributed by atoms with E-state index < -0.39 is 0 Å². The monoisotopic (exact) mass is 289 g/mol. The van der Waals surface area contributed by atoms with Crippen LogP contribution in [0.15, 0.2) is 23.1 Å². The van der Waals surface area contributed by atoms with Crippen molar-refractivity contribution in [1.82, 2.24) is 5.32 Å². The van der Waals surface area contributed by atoms with Gasteiger partial charge in [-0.05, 0) is 68.5 Å². The first kappa shape index (κ1) is 14.3. The molecule has 0 saturated carbocycles. The quantitative estimate of drug-likeness (QED) is 0.766. The second-order valence-electron chi connectivity index (χ2n) is 6.21. The molecule has 3 rings (SSSR count). The molecule has 0 bridgehead atoms. The number of fused-ring (bicyclic) bond motifs is 1. The molecule has 1 aromatic heterocycles. The highest BCUT2D eigenvalue weighted by Gasteiger charge is 2.30. The van der Waals surface area contributed by atoms with Crippen molar-refractivity contribution in [3.8, 4) is 0 Å². The van der Waals surface area contributed by atoms with Gasteiger partial charge in [0, 0.05) is 16.8 Å². The molecule has 1 aromatic rings. The molecule has 2 unspecified atom stereocenters. The van der Waals surface area contributed by atoms with Crippen LogP contribution in [0.1, 0.15) is 68.2 Å². The van der Waals surface area contributed by atoms with Gasteiger partial charge in [-0.1, -0.05) is 25.0 Å². The molecule has 0 spiro atoms. The predicted molar refractivity (Wildman–Crippen MR) is 88.6 cm³/mol. The van der Waals surface area contributed by atoms with Crippen molar-refractivity contribution in [2.45, 2.75) is 70.3 Å². The van der Waals surface area contributed by atoms with Crippen LogP contribution in [0.5, 0.6) is 0 Å². The summed E-state index contributed by atoms with van der Waals surface area (Å²) >= 11 is 1.97. The molecule has 2 aliphatic rings. The Morgan fingerprint density at radius 3 is 3.10 bits per heavy atom. The Morgan fingerprint density at radius 1 is 1.25 bits per heavy atom. The van der Waals surface area contributed by atoms with Gasteiger partial charge in [0.2, 0.25) is 0 Å². The first-order valence-corrected chi connectivity index (χ1v) is 9.26. The summed E-state index contributed by atoms with van der Waals surface area (Å²) in [5, 5.41) is 6.12. The van der Waals surface area contributed by atoms with Crippen LogP contribution in [0.3, 0.4) is 0 Å². The maximum absolute atomic E-state index is 3.82. The maximum atomic E-state index is 3.82. The first-order chi connectivity index (χ1) is 9.90. The van der Waals surface area contributed by atoms with Gasteiger partial charge < -0.3 is 5.32 Å². The van der Waals surface area contributed by atoms with Crippen molar-refractivity contribution in [2.24, 2.45) is 0 Å². The Hall–Kier alpha value is -0.600. The highest BCUT2D eigenvalue weighted by molar-refractivity contribution is 7.10. The molecule has 0 fully saturated rings. The number of likely N-dealkylation sites (N-methyl/N-ethyl adjacent to an activating group) is 1. The Labute approximate surface area is 127 Å². The summed E-state index contributed by atoms with van der Waals surface area (Å²) in [5.41, 5.74) is 3.35. The van der Waals surface area contributed by atoms with E-state index in [4.69, 9.17) is 0 Å². The molecule has 110 valence electrons. The minimum atomic E-state index is 0.590. The topological polar surface area (TPSA) is 12.0 Å². The molecule has 0 aromatic carbocycles. The van der Waals surface area contributed by atoms with E-state index >= 15 is 0 Å². The number of nitrogens with one attached hydrogen (secondary N) is 1. The second-order valence-corrected chi connectivity index (χ2v) is 7.21. The minimum absolute atomic E-state index is 0.590. The van der Waals surface area contributed by atoms with Gasteiger partial charge in [0.1, 0.15) is 0 Å². The fourth-order valence-electron chi connectivity index (χ4n) is 3.94. The summed E-state index contributed by atoms with van der Waals surface area (Å²) in [6, 6.07) is 2.98. The summed E-state index contributed by atoms with van der Waals surface area (Å²) in [5.74, 6) is 0.717. The Balaban J connectivity index is 1.86. The lowest BCUT2D eigenvalue weighted by Crippen LogP contribution is -2.37. The molecule has 20 heavy (non-hydrogen) atoms. The van der Waals surface area contributed by atoms with E-state index in [1.165, 1.54) is 51.4 Å². The van der Waals surface area contributed by atoms with Crippen LogP contribution in [0, 0.1) is 0 Å². The molecule has 2 aliphatic carbocycles. The third-order valence-corrected chi connectivity index (χ3v) is 5.90. The van der Waals surface area contributed by atoms with Crippen molar-refractivity contribution < 1.29 is 0 Å². The van der Waals surface area contributed by atoms with Crippen molar-refractivity contribution in [3.05, 3.63) is 33.5 Å². The summed E-state index contributed by atoms with van der Waals surface area (Å²) in [6.07, 6.45) is 13.4. The van der Waals surface area contributed by atoms with E-state index in [1.807, 2.05) is 11.3 Å². The van der Waals surface area contributed by atoms with Gasteiger partial charge in [-0.2, -0.15) is 0 Å². The third-order valence-electron chi connectivity index (χ3n) is 4.90. The number of hydrogen-bond donors (Lipinski definition) is 1. The predicted octanol–water partition coefficient (Wildman–Crippen LogP) is 5.04. The molecule has 2 atom stereocenters. The number of hydrogen-bond acceptors (Lipinski definition) is 2. The average molecular weight is 289 g/mol. The van der Waals surface area contributed by atoms with Crippen LogP contribution < -0.4 is 5.32 Å². The van der Waals surface area contributed by atoms with Crippen LogP contribution in [0.4, 0.5) is 0 Å². The van der Waals surface area contributed by atoms with Crippen LogP contribution in [0.25, 0.3) is 0 Å². The van der Waals surface area contributed by atoms with Gasteiger partial charge in [0.15, 0.2) is 0 Å². The first-order valence-electron chi connectivity index (χ1n) is 8.38. The van der Waals surface area contributed by atoms with Gasteiger partial charge in [0.25, 0.3) is 0 Å². The van der Waals surface area contributed by atoms with Crippen molar-refractivity contribution in [1.29, 1.82) is 0 Å². The molecule has 0 radical (unpaired) electrons. The third kappa shape index (κ3) is 3.01. The fourth-order valence-corrected chi connectivity index (χ4v) is 4.94. The van der Waals surface area contributed by atoms with Crippen molar-refractivity contribution in [2.75, 3.05) is 6.54 Å². The molecule has 1 N–H and O–H groups in total. The molecule has 2 heteroatoms. The van der Waals surface area contributed by atoms with E-state index in [2.05, 4.69) is 29.8 Å². The van der Waals surface area contributed by atoms with Crippen LogP contribution in [-0.4, -0.2) is 12.6 Å². The Kier molecular flexibility index (Phi) is 4.95. The SMILES string of the molecule is CCNC(C1=CCCCCC1)C1CCCc2sccc21. The van der Waals surface area contributed by atoms with Gasteiger partial charge in [-0.25, -0.2) is 0 Å². The highest BCUT2D eigenvalue weighted by Crippen LogP contribution is 2.40. The highest BCUT2D eigenvalue weighted by atomic mass is 32.1. The van der Waals surface area contributed by atoms with E-state index in [1.54, 1.807) is 16.0 Å². The minimum Gasteiger partial charge on any atom is -0.310 e. The molecule has 1 nitrogen and oxygen atoms in total. The molecule has 0 aliphatic heterocycles. The van der Waals surface area contributed by atoms with Gasteiger partial charge in [0.05, 0.1) is 0 Å². The van der Waals surface area contributed by atoms with Crippen LogP contribution in [-0.2, 0) is 6.42 Å². The van der Waals surface area contributed by atoms with Gasteiger partial charge >= 0.3 is 0 Å². The second kappa shape index (κ2) is 6.91. The average Bonchev–Trinajstić information content (AvgIpc) is 2.79. The zero-order chi connectivity index (χ0) is 13.8. The lowest BCUT2D eigenvalue weighted by molar-refractivity contribution is 0.430. The van der Waals surface area contributed by atoms with Crippen molar-refractivity contribution in [3.63, 3.8) is 0 Å². The van der Waals surface area contributed by atoms with E-state index in [0.717, 1.165) is 6.54 Å². The molecular formula is C18H27NS. The zero-order valence-electron chi connectivity index (χ0n) is 12.7. The van der Waals surface area contributed by atoms with Gasteiger partial charge in [-0.3, -0.25) is 0 Å². The zero-order valence-corrected chi connectivity index (χ0v) is 13.5. The number of rotatable bonds is 4. The largest absolute Gasteiger partial charge is 0.310 e. The fraction of sp³-hybridized carbons (Fsp3) is 0.667. The number of aryl methyl sites for hydroxylation is 1. The van der Waals surface area contributed by atoms with Crippen LogP contribution in [0.2, 0.25) is 0 Å². The normalized spacial score (nSPS) is 24.6. The van der Waals surface area contributed by atoms with E-state index in [-0.39, 0.29) is 0 Å². The van der Waals surface area contributed by atoms with E-state index in [9.17, 15) is 0 Å². The summed E-state index contributed by atoms with van der Waals surface area (Å²) < 4.78 is 0. The lowest BCUT2D eigenvalue weighted by Gasteiger charge is -2.33. The molecule has 0 amide bonds. The smallest absolute Gasteiger partial charge is 0.0348 e. The Morgan fingerprint density at radius 2 is 2.20 bits per heavy atom. The number of allylic oxidation sites excluding steroid dienone is 1. The summed E-state index contributed by atoms with van der Waals surface area (Å²) in [7, 11) is 0. The molecule has 1 heterocycles. The summed E-state index contributed by atoms with van der Waals surface area (Å²) in [6.45, 7) is 3.33. The number of thiophene rings is 1. The van der Waals surface area contributed by atoms with Crippen LogP contribution >= 0.6 is 11.3 Å². The van der Waals surface area contributed by atoms with Gasteiger partial charge in [-0.15, -0.1) is 11.3 Å². The maximum Gasteiger partial charge on any atom is 0.0348 e. The van der Waals surface area contributed by atoms with E-state index in [0.29, 0.717) is 12.0 Å². The van der Waals surface area contributed by atoms with Crippen molar-refractivity contribution >= 4 is 11.3 Å². The lowest BCUT2D eigenvalue weighted by atomic mass is 9.78. The molecular weight excluding hydrogens is 262 g/mol. The standard InChI is InChI=1S/C18H27NS/c1-2-19-18(14-8-5-3-4-6-9-14)16-10-7-11-17-15(16)12-13-20-17/h8,12-13,16,18-19H,2-7,9-11H2,1H3.